The van der Waals surface area contributed by atoms with Gasteiger partial charge in [0, 0.05) is 26.1 Å². The quantitative estimate of drug-likeness (QED) is 0.830. The summed E-state index contributed by atoms with van der Waals surface area (Å²) in [5, 5.41) is 2.84. The molecule has 0 aliphatic heterocycles. The lowest BCUT2D eigenvalue weighted by atomic mass is 10.1. The van der Waals surface area contributed by atoms with Crippen molar-refractivity contribution in [3.05, 3.63) is 29.8 Å². The van der Waals surface area contributed by atoms with Gasteiger partial charge in [-0.15, -0.1) is 0 Å². The predicted octanol–water partition coefficient (Wildman–Crippen LogP) is 1.61. The molecule has 0 aliphatic rings. The second-order valence-electron chi connectivity index (χ2n) is 5.18. The van der Waals surface area contributed by atoms with E-state index >= 15 is 0 Å². The number of carbonyl (C=O) groups excluding carboxylic acids is 2. The van der Waals surface area contributed by atoms with Crippen LogP contribution in [0.2, 0.25) is 0 Å². The van der Waals surface area contributed by atoms with Gasteiger partial charge < -0.3 is 15.0 Å². The van der Waals surface area contributed by atoms with Crippen molar-refractivity contribution in [2.24, 2.45) is 0 Å². The first-order valence-corrected chi connectivity index (χ1v) is 7.11. The summed E-state index contributed by atoms with van der Waals surface area (Å²) in [6.07, 6.45) is 0.325. The number of nitrogens with one attached hydrogen (secondary N) is 1. The summed E-state index contributed by atoms with van der Waals surface area (Å²) < 4.78 is 5.07. The van der Waals surface area contributed by atoms with E-state index in [1.54, 1.807) is 18.9 Å². The van der Waals surface area contributed by atoms with E-state index in [9.17, 15) is 9.59 Å². The maximum Gasteiger partial charge on any atom is 0.224 e. The van der Waals surface area contributed by atoms with E-state index in [1.807, 2.05) is 38.1 Å². The standard InChI is InChI=1S/C16H24N2O3/c1-12(2)18(13(3)19)10-9-17-16(20)11-14-5-7-15(21-4)8-6-14/h5-8,12H,9-11H2,1-4H3,(H,17,20). The number of amides is 2. The molecule has 0 heterocycles. The minimum Gasteiger partial charge on any atom is -0.497 e. The Morgan fingerprint density at radius 3 is 2.33 bits per heavy atom. The van der Waals surface area contributed by atoms with Gasteiger partial charge in [-0.3, -0.25) is 9.59 Å². The molecule has 0 aliphatic carbocycles. The topological polar surface area (TPSA) is 58.6 Å². The van der Waals surface area contributed by atoms with Crippen LogP contribution in [0.25, 0.3) is 0 Å². The van der Waals surface area contributed by atoms with E-state index < -0.39 is 0 Å². The van der Waals surface area contributed by atoms with Gasteiger partial charge in [-0.2, -0.15) is 0 Å². The third kappa shape index (κ3) is 5.85. The van der Waals surface area contributed by atoms with E-state index in [0.717, 1.165) is 11.3 Å². The molecule has 0 bridgehead atoms. The Morgan fingerprint density at radius 1 is 1.24 bits per heavy atom. The van der Waals surface area contributed by atoms with Gasteiger partial charge >= 0.3 is 0 Å². The largest absolute Gasteiger partial charge is 0.497 e. The molecule has 5 nitrogen and oxygen atoms in total. The first-order valence-electron chi connectivity index (χ1n) is 7.11. The minimum atomic E-state index is -0.0487. The van der Waals surface area contributed by atoms with Crippen LogP contribution in [0.4, 0.5) is 0 Å². The number of methoxy groups -OCH3 is 1. The predicted molar refractivity (Wildman–Crippen MR) is 82.2 cm³/mol. The molecule has 1 aromatic carbocycles. The first-order chi connectivity index (χ1) is 9.93. The summed E-state index contributed by atoms with van der Waals surface area (Å²) in [6, 6.07) is 7.54. The number of hydrogen-bond donors (Lipinski definition) is 1. The van der Waals surface area contributed by atoms with Gasteiger partial charge in [-0.1, -0.05) is 12.1 Å². The highest BCUT2D eigenvalue weighted by atomic mass is 16.5. The molecule has 5 heteroatoms. The Kier molecular flexibility index (Phi) is 6.72. The average Bonchev–Trinajstić information content (AvgIpc) is 2.43. The summed E-state index contributed by atoms with van der Waals surface area (Å²) >= 11 is 0. The van der Waals surface area contributed by atoms with Gasteiger partial charge in [-0.25, -0.2) is 0 Å². The summed E-state index contributed by atoms with van der Waals surface area (Å²) in [4.78, 5) is 25.0. The van der Waals surface area contributed by atoms with Crippen molar-refractivity contribution < 1.29 is 14.3 Å². The zero-order valence-corrected chi connectivity index (χ0v) is 13.2. The molecular formula is C16H24N2O3. The normalized spacial score (nSPS) is 10.3. The van der Waals surface area contributed by atoms with E-state index in [-0.39, 0.29) is 17.9 Å². The van der Waals surface area contributed by atoms with Crippen LogP contribution < -0.4 is 10.1 Å². The summed E-state index contributed by atoms with van der Waals surface area (Å²) in [6.45, 7) is 6.45. The molecule has 1 aromatic rings. The van der Waals surface area contributed by atoms with Crippen LogP contribution in [0.15, 0.2) is 24.3 Å². The molecule has 0 atom stereocenters. The Bertz CT molecular complexity index is 469. The SMILES string of the molecule is COc1ccc(CC(=O)NCCN(C(C)=O)C(C)C)cc1. The van der Waals surface area contributed by atoms with Crippen LogP contribution in [-0.4, -0.2) is 43.0 Å². The van der Waals surface area contributed by atoms with Crippen LogP contribution in [0, 0.1) is 0 Å². The first kappa shape index (κ1) is 17.0. The third-order valence-corrected chi connectivity index (χ3v) is 3.23. The van der Waals surface area contributed by atoms with Crippen molar-refractivity contribution in [2.45, 2.75) is 33.2 Å². The Balaban J connectivity index is 2.38. The van der Waals surface area contributed by atoms with Gasteiger partial charge in [0.2, 0.25) is 11.8 Å². The van der Waals surface area contributed by atoms with E-state index in [0.29, 0.717) is 19.5 Å². The Hall–Kier alpha value is -2.04. The highest BCUT2D eigenvalue weighted by Crippen LogP contribution is 2.11. The summed E-state index contributed by atoms with van der Waals surface area (Å²) in [5.74, 6) is 0.745. The number of carbonyl (C=O) groups is 2. The lowest BCUT2D eigenvalue weighted by Gasteiger charge is -2.25. The molecule has 2 amide bonds. The van der Waals surface area contributed by atoms with Gasteiger partial charge in [-0.05, 0) is 31.5 Å². The van der Waals surface area contributed by atoms with Crippen molar-refractivity contribution in [3.63, 3.8) is 0 Å². The van der Waals surface area contributed by atoms with Gasteiger partial charge in [0.05, 0.1) is 13.5 Å². The molecule has 0 aromatic heterocycles. The van der Waals surface area contributed by atoms with E-state index in [1.165, 1.54) is 0 Å². The maximum absolute atomic E-state index is 11.8. The molecule has 0 radical (unpaired) electrons. The second kappa shape index (κ2) is 8.29. The van der Waals surface area contributed by atoms with Gasteiger partial charge in [0.15, 0.2) is 0 Å². The molecule has 1 rings (SSSR count). The van der Waals surface area contributed by atoms with Crippen LogP contribution >= 0.6 is 0 Å². The number of rotatable bonds is 7. The van der Waals surface area contributed by atoms with Crippen molar-refractivity contribution in [1.29, 1.82) is 0 Å². The maximum atomic E-state index is 11.8. The smallest absolute Gasteiger partial charge is 0.224 e. The molecule has 21 heavy (non-hydrogen) atoms. The minimum absolute atomic E-state index is 0.0226. The van der Waals surface area contributed by atoms with Crippen molar-refractivity contribution in [3.8, 4) is 5.75 Å². The third-order valence-electron chi connectivity index (χ3n) is 3.23. The molecule has 116 valence electrons. The van der Waals surface area contributed by atoms with Crippen LogP contribution in [-0.2, 0) is 16.0 Å². The van der Waals surface area contributed by atoms with Crippen molar-refractivity contribution in [2.75, 3.05) is 20.2 Å². The zero-order valence-electron chi connectivity index (χ0n) is 13.2. The highest BCUT2D eigenvalue weighted by molar-refractivity contribution is 5.78. The molecule has 0 fully saturated rings. The lowest BCUT2D eigenvalue weighted by Crippen LogP contribution is -2.41. The monoisotopic (exact) mass is 292 g/mol. The van der Waals surface area contributed by atoms with Crippen LogP contribution in [0.1, 0.15) is 26.3 Å². The fourth-order valence-electron chi connectivity index (χ4n) is 2.09. The highest BCUT2D eigenvalue weighted by Gasteiger charge is 2.12. The van der Waals surface area contributed by atoms with E-state index in [2.05, 4.69) is 5.32 Å². The number of nitrogens with zero attached hydrogens (tertiary/aromatic N) is 1. The number of hydrogen-bond acceptors (Lipinski definition) is 3. The molecule has 0 spiro atoms. The van der Waals surface area contributed by atoms with E-state index in [4.69, 9.17) is 4.74 Å². The molecular weight excluding hydrogens is 268 g/mol. The molecule has 0 saturated carbocycles. The summed E-state index contributed by atoms with van der Waals surface area (Å²) in [5.41, 5.74) is 0.931. The molecule has 0 saturated heterocycles. The Labute approximate surface area is 126 Å². The lowest BCUT2D eigenvalue weighted by molar-refractivity contribution is -0.131. The van der Waals surface area contributed by atoms with Crippen LogP contribution in [0.3, 0.4) is 0 Å². The van der Waals surface area contributed by atoms with Gasteiger partial charge in [0.25, 0.3) is 0 Å². The number of benzene rings is 1. The van der Waals surface area contributed by atoms with Crippen LogP contribution in [0.5, 0.6) is 5.75 Å². The van der Waals surface area contributed by atoms with Crippen molar-refractivity contribution >= 4 is 11.8 Å². The second-order valence-corrected chi connectivity index (χ2v) is 5.18. The fourth-order valence-corrected chi connectivity index (χ4v) is 2.09. The molecule has 1 N–H and O–H groups in total. The Morgan fingerprint density at radius 2 is 1.86 bits per heavy atom. The zero-order chi connectivity index (χ0) is 15.8. The van der Waals surface area contributed by atoms with Crippen molar-refractivity contribution in [1.82, 2.24) is 10.2 Å². The number of ether oxygens (including phenoxy) is 1. The van der Waals surface area contributed by atoms with Gasteiger partial charge in [0.1, 0.15) is 5.75 Å². The fraction of sp³-hybridized carbons (Fsp3) is 0.500. The average molecular weight is 292 g/mol. The molecule has 0 unspecified atom stereocenters. The summed E-state index contributed by atoms with van der Waals surface area (Å²) in [7, 11) is 1.61.